The zero-order chi connectivity index (χ0) is 19.0. The molecule has 0 saturated carbocycles. The summed E-state index contributed by atoms with van der Waals surface area (Å²) in [5.74, 6) is 0.931. The summed E-state index contributed by atoms with van der Waals surface area (Å²) in [7, 11) is 0. The number of fused-ring (bicyclic) bond motifs is 1. The van der Waals surface area contributed by atoms with E-state index in [1.807, 2.05) is 41.3 Å². The second-order valence-electron chi connectivity index (χ2n) is 6.84. The van der Waals surface area contributed by atoms with Gasteiger partial charge in [-0.3, -0.25) is 4.98 Å². The smallest absolute Gasteiger partial charge is 0.208 e. The third kappa shape index (κ3) is 3.37. The number of aliphatic hydroxyl groups is 2. The minimum atomic E-state index is -1.00. The SMILES string of the molecule is CC(C)(O)c1ccc(-c2cnc3c(n2)N(c2ccccc2)CC(O)=N3)cn1. The van der Waals surface area contributed by atoms with Gasteiger partial charge in [0.1, 0.15) is 12.1 Å². The normalized spacial score (nSPS) is 13.9. The molecule has 3 heterocycles. The number of hydrogen-bond acceptors (Lipinski definition) is 6. The Morgan fingerprint density at radius 1 is 1.00 bits per heavy atom. The lowest BCUT2D eigenvalue weighted by Crippen LogP contribution is -2.29. The van der Waals surface area contributed by atoms with Crippen LogP contribution in [-0.4, -0.2) is 37.6 Å². The molecular formula is C20H19N5O2. The Hall–Kier alpha value is -3.32. The predicted octanol–water partition coefficient (Wildman–Crippen LogP) is 3.51. The highest BCUT2D eigenvalue weighted by atomic mass is 16.3. The van der Waals surface area contributed by atoms with Gasteiger partial charge in [0.05, 0.1) is 17.6 Å². The maximum Gasteiger partial charge on any atom is 0.208 e. The Balaban J connectivity index is 1.76. The molecule has 1 aromatic carbocycles. The molecule has 7 heteroatoms. The van der Waals surface area contributed by atoms with Crippen LogP contribution in [0.3, 0.4) is 0 Å². The van der Waals surface area contributed by atoms with Gasteiger partial charge in [0.15, 0.2) is 11.6 Å². The third-order valence-corrected chi connectivity index (χ3v) is 4.28. The van der Waals surface area contributed by atoms with Crippen LogP contribution in [0.1, 0.15) is 19.5 Å². The lowest BCUT2D eigenvalue weighted by atomic mass is 10.0. The van der Waals surface area contributed by atoms with Gasteiger partial charge in [-0.25, -0.2) is 9.97 Å². The maximum atomic E-state index is 10.1. The van der Waals surface area contributed by atoms with Crippen molar-refractivity contribution in [3.63, 3.8) is 0 Å². The zero-order valence-electron chi connectivity index (χ0n) is 15.0. The van der Waals surface area contributed by atoms with Crippen molar-refractivity contribution >= 4 is 23.2 Å². The Labute approximate surface area is 156 Å². The molecule has 0 fully saturated rings. The van der Waals surface area contributed by atoms with Gasteiger partial charge >= 0.3 is 0 Å². The Morgan fingerprint density at radius 2 is 1.78 bits per heavy atom. The van der Waals surface area contributed by atoms with E-state index in [2.05, 4.69) is 15.0 Å². The van der Waals surface area contributed by atoms with Gasteiger partial charge in [-0.05, 0) is 38.1 Å². The number of aromatic nitrogens is 3. The number of rotatable bonds is 3. The lowest BCUT2D eigenvalue weighted by Gasteiger charge is -2.27. The highest BCUT2D eigenvalue weighted by molar-refractivity contribution is 5.90. The van der Waals surface area contributed by atoms with E-state index in [-0.39, 0.29) is 12.4 Å². The Bertz CT molecular complexity index is 995. The van der Waals surface area contributed by atoms with Gasteiger partial charge in [-0.2, -0.15) is 4.99 Å². The number of aliphatic imine (C=N–C) groups is 1. The Morgan fingerprint density at radius 3 is 2.44 bits per heavy atom. The van der Waals surface area contributed by atoms with E-state index in [1.165, 1.54) is 0 Å². The standard InChI is InChI=1S/C20H19N5O2/c1-20(2,27)16-9-8-13(10-21-16)15-11-22-18-19(23-15)25(12-17(26)24-18)14-6-4-3-5-7-14/h3-11,27H,12H2,1-2H3,(H,22,24,26). The summed E-state index contributed by atoms with van der Waals surface area (Å²) in [5.41, 5.74) is 1.89. The maximum absolute atomic E-state index is 10.1. The molecule has 1 aliphatic heterocycles. The number of aliphatic hydroxyl groups excluding tert-OH is 1. The molecule has 0 atom stereocenters. The number of para-hydroxylation sites is 1. The van der Waals surface area contributed by atoms with E-state index < -0.39 is 5.60 Å². The third-order valence-electron chi connectivity index (χ3n) is 4.28. The molecule has 27 heavy (non-hydrogen) atoms. The van der Waals surface area contributed by atoms with E-state index in [9.17, 15) is 10.2 Å². The molecule has 0 amide bonds. The van der Waals surface area contributed by atoms with Crippen LogP contribution in [0.15, 0.2) is 59.9 Å². The zero-order valence-corrected chi connectivity index (χ0v) is 15.0. The number of nitrogens with zero attached hydrogens (tertiary/aromatic N) is 5. The van der Waals surface area contributed by atoms with Crippen LogP contribution >= 0.6 is 0 Å². The number of pyridine rings is 1. The van der Waals surface area contributed by atoms with Crippen LogP contribution in [0.5, 0.6) is 0 Å². The summed E-state index contributed by atoms with van der Waals surface area (Å²) in [6.45, 7) is 3.61. The molecular weight excluding hydrogens is 342 g/mol. The summed E-state index contributed by atoms with van der Waals surface area (Å²) >= 11 is 0. The molecule has 2 N–H and O–H groups in total. The van der Waals surface area contributed by atoms with Gasteiger partial charge < -0.3 is 15.1 Å². The van der Waals surface area contributed by atoms with Crippen LogP contribution < -0.4 is 4.90 Å². The fraction of sp³-hybridized carbons (Fsp3) is 0.200. The molecule has 0 spiro atoms. The molecule has 2 aromatic heterocycles. The van der Waals surface area contributed by atoms with Crippen molar-refractivity contribution < 1.29 is 10.2 Å². The van der Waals surface area contributed by atoms with E-state index in [1.54, 1.807) is 32.3 Å². The minimum absolute atomic E-state index is 0.00963. The van der Waals surface area contributed by atoms with Gasteiger partial charge in [0.2, 0.25) is 5.90 Å². The average Bonchev–Trinajstić information content (AvgIpc) is 2.67. The predicted molar refractivity (Wildman–Crippen MR) is 104 cm³/mol. The molecule has 0 unspecified atom stereocenters. The molecule has 7 nitrogen and oxygen atoms in total. The molecule has 0 bridgehead atoms. The minimum Gasteiger partial charge on any atom is -0.495 e. The van der Waals surface area contributed by atoms with Gasteiger partial charge in [-0.15, -0.1) is 0 Å². The van der Waals surface area contributed by atoms with Crippen molar-refractivity contribution in [3.8, 4) is 11.3 Å². The van der Waals surface area contributed by atoms with E-state index in [0.717, 1.165) is 11.3 Å². The van der Waals surface area contributed by atoms with Crippen molar-refractivity contribution in [2.45, 2.75) is 19.4 Å². The summed E-state index contributed by atoms with van der Waals surface area (Å²) in [6.07, 6.45) is 3.27. The van der Waals surface area contributed by atoms with Crippen molar-refractivity contribution in [3.05, 3.63) is 60.6 Å². The monoisotopic (exact) mass is 361 g/mol. The van der Waals surface area contributed by atoms with Crippen LogP contribution in [0, 0.1) is 0 Å². The molecule has 4 rings (SSSR count). The first-order valence-corrected chi connectivity index (χ1v) is 8.57. The number of anilines is 2. The van der Waals surface area contributed by atoms with Crippen molar-refractivity contribution in [2.24, 2.45) is 4.99 Å². The summed E-state index contributed by atoms with van der Waals surface area (Å²) < 4.78 is 0. The largest absolute Gasteiger partial charge is 0.495 e. The van der Waals surface area contributed by atoms with Gasteiger partial charge in [-0.1, -0.05) is 18.2 Å². The second kappa shape index (κ2) is 6.44. The van der Waals surface area contributed by atoms with Crippen LogP contribution in [-0.2, 0) is 5.60 Å². The van der Waals surface area contributed by atoms with Gasteiger partial charge in [0.25, 0.3) is 0 Å². The average molecular weight is 361 g/mol. The number of benzene rings is 1. The van der Waals surface area contributed by atoms with Crippen molar-refractivity contribution in [1.29, 1.82) is 0 Å². The quantitative estimate of drug-likeness (QED) is 0.741. The molecule has 1 aliphatic rings. The second-order valence-corrected chi connectivity index (χ2v) is 6.84. The topological polar surface area (TPSA) is 94.7 Å². The highest BCUT2D eigenvalue weighted by Gasteiger charge is 2.24. The Kier molecular flexibility index (Phi) is 4.08. The first kappa shape index (κ1) is 17.1. The fourth-order valence-corrected chi connectivity index (χ4v) is 2.87. The summed E-state index contributed by atoms with van der Waals surface area (Å²) in [6, 6.07) is 13.3. The van der Waals surface area contributed by atoms with E-state index >= 15 is 0 Å². The molecule has 136 valence electrons. The molecule has 0 saturated heterocycles. The first-order chi connectivity index (χ1) is 12.9. The summed E-state index contributed by atoms with van der Waals surface area (Å²) in [4.78, 5) is 19.4. The van der Waals surface area contributed by atoms with E-state index in [4.69, 9.17) is 4.98 Å². The first-order valence-electron chi connectivity index (χ1n) is 8.57. The fourth-order valence-electron chi connectivity index (χ4n) is 2.87. The molecule has 0 radical (unpaired) electrons. The summed E-state index contributed by atoms with van der Waals surface area (Å²) in [5, 5.41) is 20.0. The van der Waals surface area contributed by atoms with Crippen LogP contribution in [0.25, 0.3) is 11.3 Å². The molecule has 3 aromatic rings. The van der Waals surface area contributed by atoms with Gasteiger partial charge in [0, 0.05) is 17.4 Å². The van der Waals surface area contributed by atoms with Crippen molar-refractivity contribution in [2.75, 3.05) is 11.4 Å². The van der Waals surface area contributed by atoms with E-state index in [0.29, 0.717) is 23.0 Å². The molecule has 0 aliphatic carbocycles. The van der Waals surface area contributed by atoms with Crippen LogP contribution in [0.4, 0.5) is 17.3 Å². The lowest BCUT2D eigenvalue weighted by molar-refractivity contribution is 0.0739. The van der Waals surface area contributed by atoms with Crippen LogP contribution in [0.2, 0.25) is 0 Å². The number of hydrogen-bond donors (Lipinski definition) is 2. The highest BCUT2D eigenvalue weighted by Crippen LogP contribution is 2.35. The van der Waals surface area contributed by atoms with Crippen molar-refractivity contribution in [1.82, 2.24) is 15.0 Å².